The number of rotatable bonds is 1. The van der Waals surface area contributed by atoms with E-state index >= 15 is 0 Å². The molecule has 3 heteroatoms. The number of nitrogens with zero attached hydrogens (tertiary/aromatic N) is 1. The number of hydrogen-bond acceptors (Lipinski definition) is 2. The third-order valence-corrected chi connectivity index (χ3v) is 3.71. The lowest BCUT2D eigenvalue weighted by Crippen LogP contribution is -2.33. The van der Waals surface area contributed by atoms with Crippen molar-refractivity contribution < 1.29 is 4.79 Å². The Labute approximate surface area is 95.4 Å². The van der Waals surface area contributed by atoms with Crippen LogP contribution in [0.15, 0.2) is 18.2 Å². The van der Waals surface area contributed by atoms with E-state index in [0.717, 1.165) is 17.8 Å². The zero-order chi connectivity index (χ0) is 11.5. The molecule has 2 heterocycles. The maximum absolute atomic E-state index is 12.1. The molecule has 0 aromatic heterocycles. The van der Waals surface area contributed by atoms with Crippen LogP contribution in [0.2, 0.25) is 0 Å². The van der Waals surface area contributed by atoms with Gasteiger partial charge in [0.1, 0.15) is 0 Å². The largest absolute Gasteiger partial charge is 0.314 e. The highest BCUT2D eigenvalue weighted by Gasteiger charge is 2.42. The molecule has 1 aromatic rings. The van der Waals surface area contributed by atoms with Crippen LogP contribution in [0.5, 0.6) is 0 Å². The van der Waals surface area contributed by atoms with Crippen LogP contribution >= 0.6 is 0 Å². The van der Waals surface area contributed by atoms with Crippen molar-refractivity contribution in [3.05, 3.63) is 29.3 Å². The lowest BCUT2D eigenvalue weighted by molar-refractivity contribution is -0.121. The summed E-state index contributed by atoms with van der Waals surface area (Å²) in [6.45, 7) is 5.06. The van der Waals surface area contributed by atoms with E-state index in [9.17, 15) is 4.79 Å². The summed E-state index contributed by atoms with van der Waals surface area (Å²) in [4.78, 5) is 13.9. The molecule has 1 atom stereocenters. The molecule has 1 aromatic carbocycles. The minimum Gasteiger partial charge on any atom is -0.314 e. The van der Waals surface area contributed by atoms with E-state index in [1.165, 1.54) is 5.56 Å². The predicted molar refractivity (Wildman–Crippen MR) is 63.6 cm³/mol. The molecule has 0 spiro atoms. The number of carbonyl (C=O) groups is 1. The highest BCUT2D eigenvalue weighted by molar-refractivity contribution is 6.07. The summed E-state index contributed by atoms with van der Waals surface area (Å²) >= 11 is 0. The Morgan fingerprint density at radius 1 is 1.44 bits per heavy atom. The van der Waals surface area contributed by atoms with E-state index in [-0.39, 0.29) is 11.3 Å². The fraction of sp³-hybridized carbons (Fsp3) is 0.462. The van der Waals surface area contributed by atoms with Crippen molar-refractivity contribution in [2.24, 2.45) is 0 Å². The number of amides is 1. The van der Waals surface area contributed by atoms with Gasteiger partial charge >= 0.3 is 0 Å². The van der Waals surface area contributed by atoms with Gasteiger partial charge in [-0.3, -0.25) is 4.79 Å². The molecule has 3 rings (SSSR count). The lowest BCUT2D eigenvalue weighted by atomic mass is 9.85. The van der Waals surface area contributed by atoms with Crippen LogP contribution in [0.25, 0.3) is 0 Å². The maximum atomic E-state index is 12.1. The van der Waals surface area contributed by atoms with Crippen molar-refractivity contribution in [2.75, 3.05) is 18.5 Å². The third-order valence-electron chi connectivity index (χ3n) is 3.71. The van der Waals surface area contributed by atoms with Crippen LogP contribution < -0.4 is 10.2 Å². The van der Waals surface area contributed by atoms with Crippen LogP contribution in [-0.4, -0.2) is 19.5 Å². The smallest absolute Gasteiger partial charge is 0.236 e. The summed E-state index contributed by atoms with van der Waals surface area (Å²) < 4.78 is 0. The fourth-order valence-electron chi connectivity index (χ4n) is 2.50. The molecule has 1 N–H and O–H groups in total. The first kappa shape index (κ1) is 9.85. The van der Waals surface area contributed by atoms with Gasteiger partial charge in [-0.15, -0.1) is 0 Å². The number of hydrogen-bond donors (Lipinski definition) is 1. The molecule has 0 saturated carbocycles. The van der Waals surface area contributed by atoms with E-state index in [1.807, 2.05) is 20.9 Å². The summed E-state index contributed by atoms with van der Waals surface area (Å²) in [5, 5.41) is 3.29. The van der Waals surface area contributed by atoms with Crippen LogP contribution in [0.4, 0.5) is 5.69 Å². The number of likely N-dealkylation sites (N-methyl/N-ethyl adjacent to an activating group) is 1. The zero-order valence-corrected chi connectivity index (χ0v) is 9.87. The van der Waals surface area contributed by atoms with Gasteiger partial charge < -0.3 is 10.2 Å². The van der Waals surface area contributed by atoms with Gasteiger partial charge in [0.2, 0.25) is 5.91 Å². The van der Waals surface area contributed by atoms with Gasteiger partial charge in [-0.25, -0.2) is 0 Å². The molecular weight excluding hydrogens is 200 g/mol. The van der Waals surface area contributed by atoms with Crippen LogP contribution in [0.1, 0.15) is 31.0 Å². The molecule has 0 aliphatic carbocycles. The molecule has 1 amide bonds. The Morgan fingerprint density at radius 2 is 2.12 bits per heavy atom. The molecule has 1 saturated heterocycles. The summed E-state index contributed by atoms with van der Waals surface area (Å²) in [5.41, 5.74) is 3.13. The van der Waals surface area contributed by atoms with Crippen molar-refractivity contribution in [3.63, 3.8) is 0 Å². The molecule has 1 unspecified atom stereocenters. The lowest BCUT2D eigenvalue weighted by Gasteiger charge is -2.16. The molecule has 0 radical (unpaired) electrons. The first-order valence-electron chi connectivity index (χ1n) is 5.68. The zero-order valence-electron chi connectivity index (χ0n) is 9.87. The Hall–Kier alpha value is -1.35. The molecule has 16 heavy (non-hydrogen) atoms. The molecule has 2 aliphatic rings. The van der Waals surface area contributed by atoms with Gasteiger partial charge in [-0.05, 0) is 31.0 Å². The average Bonchev–Trinajstić information content (AvgIpc) is 3.07. The number of benzene rings is 1. The van der Waals surface area contributed by atoms with Crippen molar-refractivity contribution >= 4 is 11.6 Å². The van der Waals surface area contributed by atoms with Gasteiger partial charge in [-0.1, -0.05) is 12.1 Å². The Kier molecular flexibility index (Phi) is 1.76. The van der Waals surface area contributed by atoms with Gasteiger partial charge in [0.05, 0.1) is 5.41 Å². The van der Waals surface area contributed by atoms with Gasteiger partial charge in [-0.2, -0.15) is 0 Å². The fourth-order valence-corrected chi connectivity index (χ4v) is 2.50. The van der Waals surface area contributed by atoms with E-state index in [4.69, 9.17) is 0 Å². The standard InChI is InChI=1S/C13H16N2O/c1-13(2)9-6-8(10-7-14-10)4-5-11(9)15(3)12(13)16/h4-6,10,14H,7H2,1-3H3. The van der Waals surface area contributed by atoms with E-state index in [1.54, 1.807) is 4.90 Å². The summed E-state index contributed by atoms with van der Waals surface area (Å²) in [6, 6.07) is 6.87. The topological polar surface area (TPSA) is 42.2 Å². The monoisotopic (exact) mass is 216 g/mol. The second kappa shape index (κ2) is 2.86. The van der Waals surface area contributed by atoms with Crippen molar-refractivity contribution in [3.8, 4) is 0 Å². The molecule has 84 valence electrons. The molecular formula is C13H16N2O. The molecule has 3 nitrogen and oxygen atoms in total. The highest BCUT2D eigenvalue weighted by atomic mass is 16.2. The Bertz CT molecular complexity index is 475. The molecule has 2 aliphatic heterocycles. The number of carbonyl (C=O) groups excluding carboxylic acids is 1. The maximum Gasteiger partial charge on any atom is 0.236 e. The van der Waals surface area contributed by atoms with Crippen molar-refractivity contribution in [1.82, 2.24) is 5.32 Å². The van der Waals surface area contributed by atoms with E-state index < -0.39 is 0 Å². The number of nitrogens with one attached hydrogen (secondary N) is 1. The van der Waals surface area contributed by atoms with Gasteiger partial charge in [0.25, 0.3) is 0 Å². The first-order chi connectivity index (χ1) is 7.51. The Morgan fingerprint density at radius 3 is 2.75 bits per heavy atom. The average molecular weight is 216 g/mol. The van der Waals surface area contributed by atoms with Crippen LogP contribution in [-0.2, 0) is 10.2 Å². The van der Waals surface area contributed by atoms with Gasteiger partial charge in [0, 0.05) is 25.3 Å². The second-order valence-electron chi connectivity index (χ2n) is 5.23. The predicted octanol–water partition coefficient (Wildman–Crippen LogP) is 1.58. The van der Waals surface area contributed by atoms with Crippen molar-refractivity contribution in [1.29, 1.82) is 0 Å². The molecule has 0 bridgehead atoms. The minimum absolute atomic E-state index is 0.184. The number of anilines is 1. The number of fused-ring (bicyclic) bond motifs is 1. The first-order valence-corrected chi connectivity index (χ1v) is 5.68. The highest BCUT2D eigenvalue weighted by Crippen LogP contribution is 2.42. The summed E-state index contributed by atoms with van der Waals surface area (Å²) in [5.74, 6) is 0.184. The SMILES string of the molecule is CN1C(=O)C(C)(C)c2cc(C3CN3)ccc21. The van der Waals surface area contributed by atoms with E-state index in [2.05, 4.69) is 23.5 Å². The quantitative estimate of drug-likeness (QED) is 0.724. The van der Waals surface area contributed by atoms with Crippen molar-refractivity contribution in [2.45, 2.75) is 25.3 Å². The van der Waals surface area contributed by atoms with Gasteiger partial charge in [0.15, 0.2) is 0 Å². The summed E-state index contributed by atoms with van der Waals surface area (Å²) in [6.07, 6.45) is 0. The third kappa shape index (κ3) is 1.15. The van der Waals surface area contributed by atoms with Crippen LogP contribution in [0.3, 0.4) is 0 Å². The summed E-state index contributed by atoms with van der Waals surface area (Å²) in [7, 11) is 1.85. The molecule has 1 fully saturated rings. The van der Waals surface area contributed by atoms with Crippen LogP contribution in [0, 0.1) is 0 Å². The normalized spacial score (nSPS) is 25.8. The van der Waals surface area contributed by atoms with E-state index in [0.29, 0.717) is 6.04 Å². The minimum atomic E-state index is -0.380. The Balaban J connectivity index is 2.15. The second-order valence-corrected chi connectivity index (χ2v) is 5.23.